The second-order valence-electron chi connectivity index (χ2n) is 4.20. The lowest BCUT2D eigenvalue weighted by Gasteiger charge is -2.00. The summed E-state index contributed by atoms with van der Waals surface area (Å²) in [6.45, 7) is 0. The molecule has 2 rings (SSSR count). The Kier molecular flexibility index (Phi) is 4.81. The van der Waals surface area contributed by atoms with Crippen LogP contribution in [0.1, 0.15) is 15.9 Å². The third-order valence-corrected chi connectivity index (χ3v) is 2.72. The fourth-order valence-electron chi connectivity index (χ4n) is 1.66. The number of nitro benzene ring substituents is 1. The summed E-state index contributed by atoms with van der Waals surface area (Å²) in [5.41, 5.74) is 0.550. The number of ether oxygens (including phenoxy) is 1. The van der Waals surface area contributed by atoms with E-state index in [1.165, 1.54) is 24.4 Å². The van der Waals surface area contributed by atoms with Crippen molar-refractivity contribution in [2.75, 3.05) is 7.11 Å². The van der Waals surface area contributed by atoms with E-state index in [0.29, 0.717) is 11.3 Å². The maximum absolute atomic E-state index is 11.7. The molecule has 0 N–H and O–H groups in total. The van der Waals surface area contributed by atoms with Crippen LogP contribution in [0.15, 0.2) is 53.7 Å². The van der Waals surface area contributed by atoms with Crippen molar-refractivity contribution in [3.05, 3.63) is 69.8 Å². The van der Waals surface area contributed by atoms with Gasteiger partial charge in [-0.2, -0.15) is 0 Å². The number of non-ortho nitro benzene ring substituents is 1. The summed E-state index contributed by atoms with van der Waals surface area (Å²) in [6, 6.07) is 12.2. The van der Waals surface area contributed by atoms with Crippen molar-refractivity contribution in [3.8, 4) is 5.75 Å². The maximum Gasteiger partial charge on any atom is 0.365 e. The predicted molar refractivity (Wildman–Crippen MR) is 79.1 cm³/mol. The van der Waals surface area contributed by atoms with Gasteiger partial charge in [-0.3, -0.25) is 10.1 Å². The van der Waals surface area contributed by atoms with Gasteiger partial charge in [0.1, 0.15) is 5.75 Å². The molecule has 0 saturated carbocycles. The molecule has 7 nitrogen and oxygen atoms in total. The van der Waals surface area contributed by atoms with E-state index in [4.69, 9.17) is 9.57 Å². The molecule has 0 fully saturated rings. The van der Waals surface area contributed by atoms with Crippen LogP contribution in [0.3, 0.4) is 0 Å². The van der Waals surface area contributed by atoms with Crippen LogP contribution in [0.2, 0.25) is 0 Å². The first kappa shape index (κ1) is 15.2. The third-order valence-electron chi connectivity index (χ3n) is 2.72. The van der Waals surface area contributed by atoms with E-state index < -0.39 is 10.9 Å². The Morgan fingerprint density at radius 1 is 1.23 bits per heavy atom. The molecule has 0 atom stereocenters. The topological polar surface area (TPSA) is 91.0 Å². The van der Waals surface area contributed by atoms with Gasteiger partial charge in [-0.25, -0.2) is 4.79 Å². The number of carbonyl (C=O) groups is 1. The molecular weight excluding hydrogens is 288 g/mol. The Morgan fingerprint density at radius 2 is 2.00 bits per heavy atom. The average molecular weight is 300 g/mol. The van der Waals surface area contributed by atoms with Crippen molar-refractivity contribution in [3.63, 3.8) is 0 Å². The second-order valence-corrected chi connectivity index (χ2v) is 4.20. The minimum absolute atomic E-state index is 0.0528. The van der Waals surface area contributed by atoms with Crippen LogP contribution in [0.4, 0.5) is 5.69 Å². The number of benzene rings is 2. The summed E-state index contributed by atoms with van der Waals surface area (Å²) in [6.07, 6.45) is 1.35. The molecule has 7 heteroatoms. The highest BCUT2D eigenvalue weighted by Gasteiger charge is 2.12. The second kappa shape index (κ2) is 6.98. The molecule has 0 aliphatic carbocycles. The Hall–Kier alpha value is -3.22. The Bertz CT molecular complexity index is 727. The summed E-state index contributed by atoms with van der Waals surface area (Å²) < 4.78 is 5.05. The third kappa shape index (κ3) is 3.89. The number of rotatable bonds is 5. The molecule has 0 aromatic heterocycles. The normalized spacial score (nSPS) is 10.4. The predicted octanol–water partition coefficient (Wildman–Crippen LogP) is 2.79. The number of nitro groups is 1. The number of nitrogens with zero attached hydrogens (tertiary/aromatic N) is 2. The van der Waals surface area contributed by atoms with Gasteiger partial charge in [0.15, 0.2) is 0 Å². The van der Waals surface area contributed by atoms with Gasteiger partial charge >= 0.3 is 5.97 Å². The van der Waals surface area contributed by atoms with Crippen molar-refractivity contribution in [2.24, 2.45) is 5.16 Å². The molecule has 0 radical (unpaired) electrons. The van der Waals surface area contributed by atoms with Crippen LogP contribution in [0.5, 0.6) is 5.75 Å². The molecule has 2 aromatic carbocycles. The van der Waals surface area contributed by atoms with E-state index in [0.717, 1.165) is 6.07 Å². The molecule has 0 aliphatic heterocycles. The van der Waals surface area contributed by atoms with Gasteiger partial charge in [-0.05, 0) is 23.8 Å². The number of methoxy groups -OCH3 is 1. The highest BCUT2D eigenvalue weighted by molar-refractivity contribution is 5.90. The molecule has 2 aromatic rings. The highest BCUT2D eigenvalue weighted by Crippen LogP contribution is 2.14. The average Bonchev–Trinajstić information content (AvgIpc) is 2.55. The van der Waals surface area contributed by atoms with Gasteiger partial charge in [0.2, 0.25) is 0 Å². The zero-order chi connectivity index (χ0) is 15.9. The summed E-state index contributed by atoms with van der Waals surface area (Å²) in [5.74, 6) is -0.128. The smallest absolute Gasteiger partial charge is 0.365 e. The number of carbonyl (C=O) groups excluding carboxylic acids is 1. The Labute approximate surface area is 125 Å². The van der Waals surface area contributed by atoms with Gasteiger partial charge in [-0.1, -0.05) is 23.4 Å². The molecule has 0 amide bonds. The first-order valence-corrected chi connectivity index (χ1v) is 6.23. The fraction of sp³-hybridized carbons (Fsp3) is 0.0667. The van der Waals surface area contributed by atoms with Crippen molar-refractivity contribution in [2.45, 2.75) is 0 Å². The zero-order valence-electron chi connectivity index (χ0n) is 11.6. The van der Waals surface area contributed by atoms with Crippen LogP contribution in [0.25, 0.3) is 0 Å². The molecule has 0 unspecified atom stereocenters. The van der Waals surface area contributed by atoms with Gasteiger partial charge in [0, 0.05) is 12.1 Å². The van der Waals surface area contributed by atoms with E-state index in [2.05, 4.69) is 5.16 Å². The molecule has 0 spiro atoms. The monoisotopic (exact) mass is 300 g/mol. The first-order chi connectivity index (χ1) is 10.6. The van der Waals surface area contributed by atoms with E-state index in [1.54, 1.807) is 31.4 Å². The maximum atomic E-state index is 11.7. The van der Waals surface area contributed by atoms with Crippen LogP contribution in [-0.2, 0) is 4.84 Å². The molecule has 0 saturated heterocycles. The molecule has 22 heavy (non-hydrogen) atoms. The number of oxime groups is 1. The molecule has 112 valence electrons. The molecule has 0 heterocycles. The fourth-order valence-corrected chi connectivity index (χ4v) is 1.66. The van der Waals surface area contributed by atoms with Crippen LogP contribution >= 0.6 is 0 Å². The Morgan fingerprint density at radius 3 is 2.73 bits per heavy atom. The molecule has 0 aliphatic rings. The summed E-state index contributed by atoms with van der Waals surface area (Å²) >= 11 is 0. The van der Waals surface area contributed by atoms with Crippen molar-refractivity contribution in [1.29, 1.82) is 0 Å². The van der Waals surface area contributed by atoms with Crippen molar-refractivity contribution < 1.29 is 19.3 Å². The van der Waals surface area contributed by atoms with Crippen LogP contribution < -0.4 is 4.74 Å². The molecular formula is C15H12N2O5. The van der Waals surface area contributed by atoms with Crippen molar-refractivity contribution >= 4 is 17.9 Å². The lowest BCUT2D eigenvalue weighted by Crippen LogP contribution is -2.02. The highest BCUT2D eigenvalue weighted by atomic mass is 16.7. The van der Waals surface area contributed by atoms with Gasteiger partial charge in [0.25, 0.3) is 5.69 Å². The van der Waals surface area contributed by atoms with E-state index in [9.17, 15) is 14.9 Å². The van der Waals surface area contributed by atoms with Crippen molar-refractivity contribution in [1.82, 2.24) is 0 Å². The summed E-state index contributed by atoms with van der Waals surface area (Å²) in [4.78, 5) is 26.5. The van der Waals surface area contributed by atoms with E-state index in [1.807, 2.05) is 0 Å². The van der Waals surface area contributed by atoms with E-state index in [-0.39, 0.29) is 11.3 Å². The first-order valence-electron chi connectivity index (χ1n) is 6.23. The van der Waals surface area contributed by atoms with Crippen LogP contribution in [-0.4, -0.2) is 24.2 Å². The van der Waals surface area contributed by atoms with Gasteiger partial charge < -0.3 is 9.57 Å². The number of hydrogen-bond donors (Lipinski definition) is 0. The van der Waals surface area contributed by atoms with Gasteiger partial charge in [-0.15, -0.1) is 0 Å². The summed E-state index contributed by atoms with van der Waals surface area (Å²) in [5, 5.41) is 14.2. The largest absolute Gasteiger partial charge is 0.497 e. The zero-order valence-corrected chi connectivity index (χ0v) is 11.6. The van der Waals surface area contributed by atoms with Crippen LogP contribution in [0, 0.1) is 10.1 Å². The lowest BCUT2D eigenvalue weighted by atomic mass is 10.2. The summed E-state index contributed by atoms with van der Waals surface area (Å²) in [7, 11) is 1.54. The standard InChI is InChI=1S/C15H12N2O5/c1-21-14-7-2-4-11(8-14)10-16-22-15(18)12-5-3-6-13(9-12)17(19)20/h2-10H,1H3/b16-10+. The van der Waals surface area contributed by atoms with Gasteiger partial charge in [0.05, 0.1) is 23.8 Å². The van der Waals surface area contributed by atoms with E-state index >= 15 is 0 Å². The quantitative estimate of drug-likeness (QED) is 0.366. The lowest BCUT2D eigenvalue weighted by molar-refractivity contribution is -0.384. The minimum Gasteiger partial charge on any atom is -0.497 e. The molecule has 0 bridgehead atoms. The number of hydrogen-bond acceptors (Lipinski definition) is 6. The minimum atomic E-state index is -0.775. The Balaban J connectivity index is 2.04. The SMILES string of the molecule is COc1cccc(/C=N/OC(=O)c2cccc([N+](=O)[O-])c2)c1.